The Morgan fingerprint density at radius 3 is 2.56 bits per heavy atom. The maximum Gasteiger partial charge on any atom is 0.234 e. The van der Waals surface area contributed by atoms with Crippen molar-refractivity contribution in [2.75, 3.05) is 18.2 Å². The van der Waals surface area contributed by atoms with Gasteiger partial charge in [-0.05, 0) is 61.0 Å². The smallest absolute Gasteiger partial charge is 0.234 e. The highest BCUT2D eigenvalue weighted by atomic mass is 32.2. The lowest BCUT2D eigenvalue weighted by molar-refractivity contribution is -0.113. The van der Waals surface area contributed by atoms with E-state index >= 15 is 0 Å². The molecule has 0 spiro atoms. The van der Waals surface area contributed by atoms with Gasteiger partial charge in [-0.3, -0.25) is 9.36 Å². The van der Waals surface area contributed by atoms with Crippen LogP contribution in [0, 0.1) is 6.92 Å². The van der Waals surface area contributed by atoms with Crippen LogP contribution in [0.4, 0.5) is 5.69 Å². The molecule has 0 bridgehead atoms. The molecule has 0 saturated carbocycles. The maximum absolute atomic E-state index is 12.4. The molecule has 0 aliphatic rings. The summed E-state index contributed by atoms with van der Waals surface area (Å²) in [6.45, 7) is 2.02. The molecule has 0 atom stereocenters. The lowest BCUT2D eigenvalue weighted by atomic mass is 10.2. The van der Waals surface area contributed by atoms with Gasteiger partial charge in [-0.25, -0.2) is 0 Å². The molecule has 0 fully saturated rings. The van der Waals surface area contributed by atoms with Crippen LogP contribution in [-0.2, 0) is 4.79 Å². The number of anilines is 1. The fourth-order valence-electron chi connectivity index (χ4n) is 3.01. The predicted molar refractivity (Wildman–Crippen MR) is 125 cm³/mol. The van der Waals surface area contributed by atoms with Crippen molar-refractivity contribution >= 4 is 23.4 Å². The lowest BCUT2D eigenvalue weighted by Gasteiger charge is -2.09. The van der Waals surface area contributed by atoms with E-state index in [0.29, 0.717) is 16.6 Å². The zero-order valence-corrected chi connectivity index (χ0v) is 18.5. The molecule has 162 valence electrons. The summed E-state index contributed by atoms with van der Waals surface area (Å²) in [7, 11) is 1.62. The molecule has 0 aliphatic carbocycles. The van der Waals surface area contributed by atoms with Gasteiger partial charge in [-0.1, -0.05) is 30.0 Å². The minimum atomic E-state index is -0.137. The van der Waals surface area contributed by atoms with Gasteiger partial charge < -0.3 is 14.8 Å². The number of nitrogens with one attached hydrogen (secondary N) is 1. The molecule has 1 aromatic heterocycles. The molecule has 8 heteroatoms. The van der Waals surface area contributed by atoms with E-state index in [4.69, 9.17) is 9.47 Å². The van der Waals surface area contributed by atoms with Gasteiger partial charge in [0.05, 0.1) is 18.6 Å². The summed E-state index contributed by atoms with van der Waals surface area (Å²) in [5, 5.41) is 11.6. The highest BCUT2D eigenvalue weighted by molar-refractivity contribution is 7.99. The number of benzene rings is 3. The van der Waals surface area contributed by atoms with Crippen LogP contribution in [0.15, 0.2) is 84.3 Å². The monoisotopic (exact) mass is 446 g/mol. The zero-order chi connectivity index (χ0) is 22.3. The number of aryl methyl sites for hydroxylation is 1. The number of carbonyl (C=O) groups is 1. The summed E-state index contributed by atoms with van der Waals surface area (Å²) in [4.78, 5) is 12.4. The van der Waals surface area contributed by atoms with Gasteiger partial charge in [0.15, 0.2) is 5.16 Å². The summed E-state index contributed by atoms with van der Waals surface area (Å²) in [6, 6.07) is 22.7. The fraction of sp³-hybridized carbons (Fsp3) is 0.125. The van der Waals surface area contributed by atoms with Crippen LogP contribution in [0.2, 0.25) is 0 Å². The Bertz CT molecular complexity index is 1210. The first kappa shape index (κ1) is 21.5. The van der Waals surface area contributed by atoms with Crippen molar-refractivity contribution < 1.29 is 14.3 Å². The molecule has 3 aromatic carbocycles. The van der Waals surface area contributed by atoms with Gasteiger partial charge in [-0.15, -0.1) is 10.2 Å². The molecule has 1 N–H and O–H groups in total. The molecule has 32 heavy (non-hydrogen) atoms. The van der Waals surface area contributed by atoms with Crippen LogP contribution in [0.1, 0.15) is 5.56 Å². The van der Waals surface area contributed by atoms with Gasteiger partial charge in [0, 0.05) is 11.8 Å². The van der Waals surface area contributed by atoms with Gasteiger partial charge in [0.2, 0.25) is 5.91 Å². The van der Waals surface area contributed by atoms with Gasteiger partial charge in [0.1, 0.15) is 23.6 Å². The number of methoxy groups -OCH3 is 1. The topological polar surface area (TPSA) is 78.3 Å². The molecule has 1 amide bonds. The Kier molecular flexibility index (Phi) is 6.72. The van der Waals surface area contributed by atoms with Crippen LogP contribution in [0.25, 0.3) is 5.69 Å². The number of hydrogen-bond donors (Lipinski definition) is 1. The average molecular weight is 447 g/mol. The Hall–Kier alpha value is -3.78. The highest BCUT2D eigenvalue weighted by Gasteiger charge is 2.11. The first-order valence-electron chi connectivity index (χ1n) is 9.92. The van der Waals surface area contributed by atoms with E-state index in [9.17, 15) is 4.79 Å². The molecule has 7 nitrogen and oxygen atoms in total. The number of hydrogen-bond acceptors (Lipinski definition) is 6. The third-order valence-corrected chi connectivity index (χ3v) is 5.49. The van der Waals surface area contributed by atoms with Crippen molar-refractivity contribution in [1.29, 1.82) is 0 Å². The number of rotatable bonds is 8. The molecule has 0 saturated heterocycles. The minimum Gasteiger partial charge on any atom is -0.497 e. The first-order valence-corrected chi connectivity index (χ1v) is 10.9. The van der Waals surface area contributed by atoms with Crippen molar-refractivity contribution in [3.05, 3.63) is 84.7 Å². The Morgan fingerprint density at radius 2 is 1.78 bits per heavy atom. The van der Waals surface area contributed by atoms with E-state index in [0.717, 1.165) is 22.7 Å². The fourth-order valence-corrected chi connectivity index (χ4v) is 3.74. The summed E-state index contributed by atoms with van der Waals surface area (Å²) < 4.78 is 12.9. The summed E-state index contributed by atoms with van der Waals surface area (Å²) in [5.41, 5.74) is 2.69. The summed E-state index contributed by atoms with van der Waals surface area (Å²) in [5.74, 6) is 2.28. The number of amides is 1. The van der Waals surface area contributed by atoms with Crippen molar-refractivity contribution in [1.82, 2.24) is 14.8 Å². The minimum absolute atomic E-state index is 0.137. The van der Waals surface area contributed by atoms with E-state index in [-0.39, 0.29) is 11.7 Å². The van der Waals surface area contributed by atoms with E-state index in [1.165, 1.54) is 11.8 Å². The van der Waals surface area contributed by atoms with Crippen LogP contribution in [0.5, 0.6) is 17.2 Å². The van der Waals surface area contributed by atoms with Crippen molar-refractivity contribution in [2.24, 2.45) is 0 Å². The van der Waals surface area contributed by atoms with Crippen LogP contribution >= 0.6 is 11.8 Å². The number of aromatic nitrogens is 3. The molecule has 4 rings (SSSR count). The highest BCUT2D eigenvalue weighted by Crippen LogP contribution is 2.25. The van der Waals surface area contributed by atoms with Crippen molar-refractivity contribution in [2.45, 2.75) is 12.1 Å². The molecule has 0 unspecified atom stereocenters. The normalized spacial score (nSPS) is 10.6. The maximum atomic E-state index is 12.4. The SMILES string of the molecule is COc1cccc(-n2cnnc2SCC(=O)Nc2ccc(Oc3cccc(C)c3)cc2)c1. The number of ether oxygens (including phenoxy) is 2. The molecular formula is C24H22N4O3S. The second-order valence-corrected chi connectivity index (χ2v) is 7.91. The zero-order valence-electron chi connectivity index (χ0n) is 17.7. The average Bonchev–Trinajstić information content (AvgIpc) is 3.28. The summed E-state index contributed by atoms with van der Waals surface area (Å²) in [6.07, 6.45) is 1.61. The molecule has 0 radical (unpaired) electrons. The number of nitrogens with zero attached hydrogens (tertiary/aromatic N) is 3. The Morgan fingerprint density at radius 1 is 1.00 bits per heavy atom. The molecule has 4 aromatic rings. The number of carbonyl (C=O) groups excluding carboxylic acids is 1. The molecular weight excluding hydrogens is 424 g/mol. The van der Waals surface area contributed by atoms with E-state index in [1.807, 2.05) is 84.3 Å². The lowest BCUT2D eigenvalue weighted by Crippen LogP contribution is -2.14. The standard InChI is InChI=1S/C24H22N4O3S/c1-17-5-3-8-22(13-17)31-20-11-9-18(10-12-20)26-23(29)15-32-24-27-25-16-28(24)19-6-4-7-21(14-19)30-2/h3-14,16H,15H2,1-2H3,(H,26,29). The summed E-state index contributed by atoms with van der Waals surface area (Å²) >= 11 is 1.31. The molecule has 0 aliphatic heterocycles. The second-order valence-electron chi connectivity index (χ2n) is 6.96. The van der Waals surface area contributed by atoms with Crippen molar-refractivity contribution in [3.8, 4) is 22.9 Å². The van der Waals surface area contributed by atoms with Crippen molar-refractivity contribution in [3.63, 3.8) is 0 Å². The first-order chi connectivity index (χ1) is 15.6. The van der Waals surface area contributed by atoms with Crippen LogP contribution in [0.3, 0.4) is 0 Å². The quantitative estimate of drug-likeness (QED) is 0.379. The van der Waals surface area contributed by atoms with E-state index in [2.05, 4.69) is 15.5 Å². The Labute approximate surface area is 190 Å². The number of thioether (sulfide) groups is 1. The predicted octanol–water partition coefficient (Wildman–Crippen LogP) is 5.11. The van der Waals surface area contributed by atoms with Gasteiger partial charge >= 0.3 is 0 Å². The van der Waals surface area contributed by atoms with Gasteiger partial charge in [0.25, 0.3) is 0 Å². The van der Waals surface area contributed by atoms with E-state index in [1.54, 1.807) is 13.4 Å². The largest absolute Gasteiger partial charge is 0.497 e. The van der Waals surface area contributed by atoms with Gasteiger partial charge in [-0.2, -0.15) is 0 Å². The van der Waals surface area contributed by atoms with Crippen LogP contribution < -0.4 is 14.8 Å². The third-order valence-electron chi connectivity index (χ3n) is 4.54. The molecule has 1 heterocycles. The Balaban J connectivity index is 1.33. The van der Waals surface area contributed by atoms with E-state index < -0.39 is 0 Å². The second kappa shape index (κ2) is 10.0. The third kappa shape index (κ3) is 5.47. The van der Waals surface area contributed by atoms with Crippen LogP contribution in [-0.4, -0.2) is 33.5 Å².